The zero-order chi connectivity index (χ0) is 9.68. The second-order valence-electron chi connectivity index (χ2n) is 3.19. The molecule has 1 radical (unpaired) electrons. The maximum Gasteiger partial charge on any atom is 0.119 e. The predicted molar refractivity (Wildman–Crippen MR) is 56.0 cm³/mol. The highest BCUT2D eigenvalue weighted by atomic mass is 16.5. The van der Waals surface area contributed by atoms with E-state index in [1.807, 2.05) is 19.1 Å². The van der Waals surface area contributed by atoms with E-state index in [0.717, 1.165) is 18.8 Å². The van der Waals surface area contributed by atoms with Gasteiger partial charge in [0.1, 0.15) is 5.75 Å². The van der Waals surface area contributed by atoms with Crippen LogP contribution in [0.25, 0.3) is 0 Å². The molecule has 1 aromatic rings. The predicted octanol–water partition coefficient (Wildman–Crippen LogP) is 3.41. The molecule has 0 aliphatic heterocycles. The normalized spacial score (nSPS) is 12.5. The second kappa shape index (κ2) is 4.90. The first kappa shape index (κ1) is 10.1. The lowest BCUT2D eigenvalue weighted by Gasteiger charge is -2.09. The number of hydrogen-bond donors (Lipinski definition) is 0. The van der Waals surface area contributed by atoms with E-state index in [9.17, 15) is 0 Å². The summed E-state index contributed by atoms with van der Waals surface area (Å²) in [5.74, 6) is 1.48. The van der Waals surface area contributed by atoms with E-state index in [2.05, 4.69) is 26.0 Å². The summed E-state index contributed by atoms with van der Waals surface area (Å²) in [7, 11) is 0. The van der Waals surface area contributed by atoms with Crippen LogP contribution >= 0.6 is 0 Å². The molecule has 0 aromatic heterocycles. The van der Waals surface area contributed by atoms with E-state index in [1.165, 1.54) is 5.56 Å². The van der Waals surface area contributed by atoms with Crippen LogP contribution in [0.3, 0.4) is 0 Å². The molecule has 1 nitrogen and oxygen atoms in total. The molecule has 0 heterocycles. The zero-order valence-corrected chi connectivity index (χ0v) is 8.42. The van der Waals surface area contributed by atoms with E-state index in [0.29, 0.717) is 5.92 Å². The van der Waals surface area contributed by atoms with Gasteiger partial charge >= 0.3 is 0 Å². The summed E-state index contributed by atoms with van der Waals surface area (Å²) in [4.78, 5) is 0. The van der Waals surface area contributed by atoms with Gasteiger partial charge in [-0.25, -0.2) is 0 Å². The topological polar surface area (TPSA) is 9.23 Å². The van der Waals surface area contributed by atoms with Crippen molar-refractivity contribution in [2.24, 2.45) is 0 Å². The first-order valence-corrected chi connectivity index (χ1v) is 4.80. The Labute approximate surface area is 80.7 Å². The highest BCUT2D eigenvalue weighted by Gasteiger charge is 2.01. The zero-order valence-electron chi connectivity index (χ0n) is 8.42. The van der Waals surface area contributed by atoms with Crippen LogP contribution in [0.15, 0.2) is 24.3 Å². The molecule has 1 rings (SSSR count). The van der Waals surface area contributed by atoms with E-state index in [-0.39, 0.29) is 0 Å². The van der Waals surface area contributed by atoms with Crippen molar-refractivity contribution in [3.8, 4) is 5.75 Å². The van der Waals surface area contributed by atoms with Crippen molar-refractivity contribution < 1.29 is 4.74 Å². The molecule has 0 N–H and O–H groups in total. The third-order valence-corrected chi connectivity index (χ3v) is 2.19. The third kappa shape index (κ3) is 2.76. The molecule has 13 heavy (non-hydrogen) atoms. The maximum atomic E-state index is 5.36. The van der Waals surface area contributed by atoms with Gasteiger partial charge in [-0.3, -0.25) is 0 Å². The fraction of sp³-hybridized carbons (Fsp3) is 0.417. The maximum absolute atomic E-state index is 5.36. The fourth-order valence-electron chi connectivity index (χ4n) is 1.23. The lowest BCUT2D eigenvalue weighted by atomic mass is 9.99. The van der Waals surface area contributed by atoms with Gasteiger partial charge in [0.2, 0.25) is 0 Å². The lowest BCUT2D eigenvalue weighted by molar-refractivity contribution is 0.340. The Bertz CT molecular complexity index is 238. The van der Waals surface area contributed by atoms with Crippen molar-refractivity contribution in [1.29, 1.82) is 0 Å². The molecule has 1 unspecified atom stereocenters. The molecule has 0 aliphatic carbocycles. The minimum Gasteiger partial charge on any atom is -0.494 e. The van der Waals surface area contributed by atoms with Crippen LogP contribution in [0.1, 0.15) is 31.7 Å². The molecule has 0 spiro atoms. The molecule has 1 heteroatoms. The van der Waals surface area contributed by atoms with E-state index < -0.39 is 0 Å². The summed E-state index contributed by atoms with van der Waals surface area (Å²) >= 11 is 0. The second-order valence-corrected chi connectivity index (χ2v) is 3.19. The van der Waals surface area contributed by atoms with Crippen LogP contribution in [-0.2, 0) is 0 Å². The number of hydrogen-bond acceptors (Lipinski definition) is 1. The first-order valence-electron chi connectivity index (χ1n) is 4.80. The van der Waals surface area contributed by atoms with Crippen molar-refractivity contribution in [1.82, 2.24) is 0 Å². The monoisotopic (exact) mass is 177 g/mol. The fourth-order valence-corrected chi connectivity index (χ4v) is 1.23. The quantitative estimate of drug-likeness (QED) is 0.684. The Morgan fingerprint density at radius 2 is 1.92 bits per heavy atom. The van der Waals surface area contributed by atoms with Gasteiger partial charge < -0.3 is 4.74 Å². The van der Waals surface area contributed by atoms with E-state index >= 15 is 0 Å². The number of benzene rings is 1. The van der Waals surface area contributed by atoms with E-state index in [4.69, 9.17) is 4.74 Å². The van der Waals surface area contributed by atoms with Gasteiger partial charge in [-0.1, -0.05) is 26.0 Å². The number of ether oxygens (including phenoxy) is 1. The highest BCUT2D eigenvalue weighted by Crippen LogP contribution is 2.21. The minimum atomic E-state index is 0.538. The largest absolute Gasteiger partial charge is 0.494 e. The molecule has 0 bridgehead atoms. The van der Waals surface area contributed by atoms with Gasteiger partial charge in [0, 0.05) is 0 Å². The van der Waals surface area contributed by atoms with Gasteiger partial charge in [0.05, 0.1) is 6.61 Å². The summed E-state index contributed by atoms with van der Waals surface area (Å²) < 4.78 is 5.36. The van der Waals surface area contributed by atoms with Gasteiger partial charge in [-0.05, 0) is 37.0 Å². The summed E-state index contributed by atoms with van der Waals surface area (Å²) in [6.07, 6.45) is 0.938. The molecular formula is C12H17O. The number of rotatable bonds is 4. The van der Waals surface area contributed by atoms with Gasteiger partial charge in [0.15, 0.2) is 0 Å². The Morgan fingerprint density at radius 3 is 2.38 bits per heavy atom. The third-order valence-electron chi connectivity index (χ3n) is 2.19. The Morgan fingerprint density at radius 1 is 1.31 bits per heavy atom. The average Bonchev–Trinajstić information content (AvgIpc) is 2.18. The van der Waals surface area contributed by atoms with Gasteiger partial charge in [0.25, 0.3) is 0 Å². The van der Waals surface area contributed by atoms with Crippen LogP contribution in [0.4, 0.5) is 0 Å². The average molecular weight is 177 g/mol. The first-order chi connectivity index (χ1) is 6.27. The summed E-state index contributed by atoms with van der Waals surface area (Å²) in [5.41, 5.74) is 1.33. The molecule has 71 valence electrons. The summed E-state index contributed by atoms with van der Waals surface area (Å²) in [6, 6.07) is 8.26. The molecule has 0 amide bonds. The Hall–Kier alpha value is -0.980. The van der Waals surface area contributed by atoms with Gasteiger partial charge in [-0.15, -0.1) is 0 Å². The lowest BCUT2D eigenvalue weighted by Crippen LogP contribution is -1.93. The summed E-state index contributed by atoms with van der Waals surface area (Å²) in [5, 5.41) is 0. The molecule has 0 fully saturated rings. The molecule has 0 aliphatic rings. The smallest absolute Gasteiger partial charge is 0.119 e. The van der Waals surface area contributed by atoms with Crippen molar-refractivity contribution in [3.63, 3.8) is 0 Å². The highest BCUT2D eigenvalue weighted by molar-refractivity contribution is 5.29. The van der Waals surface area contributed by atoms with Crippen molar-refractivity contribution in [2.75, 3.05) is 6.61 Å². The van der Waals surface area contributed by atoms with Crippen molar-refractivity contribution >= 4 is 0 Å². The van der Waals surface area contributed by atoms with Crippen LogP contribution in [-0.4, -0.2) is 6.61 Å². The summed E-state index contributed by atoms with van der Waals surface area (Å²) in [6.45, 7) is 8.79. The van der Waals surface area contributed by atoms with Crippen LogP contribution in [0.2, 0.25) is 0 Å². The molecule has 1 aromatic carbocycles. The van der Waals surface area contributed by atoms with Crippen LogP contribution in [0.5, 0.6) is 5.75 Å². The Balaban J connectivity index is 2.69. The molecule has 1 atom stereocenters. The van der Waals surface area contributed by atoms with E-state index in [1.54, 1.807) is 0 Å². The van der Waals surface area contributed by atoms with Gasteiger partial charge in [-0.2, -0.15) is 0 Å². The van der Waals surface area contributed by atoms with Crippen molar-refractivity contribution in [2.45, 2.75) is 26.2 Å². The molecule has 0 saturated carbocycles. The standard InChI is InChI=1S/C12H17O/c1-4-10(3)11-6-8-12(9-7-11)13-5-2/h6-10H,1,4-5H2,2-3H3. The minimum absolute atomic E-state index is 0.538. The Kier molecular flexibility index (Phi) is 3.81. The molecular weight excluding hydrogens is 160 g/mol. The SMILES string of the molecule is [CH2]CC(C)c1ccc(OCC)cc1. The molecule has 0 saturated heterocycles. The van der Waals surface area contributed by atoms with Crippen molar-refractivity contribution in [3.05, 3.63) is 36.8 Å². The van der Waals surface area contributed by atoms with Crippen LogP contribution in [0, 0.1) is 6.92 Å². The van der Waals surface area contributed by atoms with Crippen LogP contribution < -0.4 is 4.74 Å².